The molecule has 0 bridgehead atoms. The van der Waals surface area contributed by atoms with Crippen molar-refractivity contribution in [2.24, 2.45) is 5.92 Å². The molecule has 138 valence electrons. The molecule has 0 aromatic carbocycles. The van der Waals surface area contributed by atoms with Crippen LogP contribution in [0.4, 0.5) is 4.79 Å². The van der Waals surface area contributed by atoms with E-state index in [1.165, 1.54) is 12.8 Å². The van der Waals surface area contributed by atoms with Gasteiger partial charge in [0.1, 0.15) is 0 Å². The van der Waals surface area contributed by atoms with Gasteiger partial charge in [0.15, 0.2) is 0 Å². The summed E-state index contributed by atoms with van der Waals surface area (Å²) < 4.78 is 0. The average molecular weight is 355 g/mol. The Morgan fingerprint density at radius 3 is 2.81 bits per heavy atom. The molecule has 1 atom stereocenters. The quantitative estimate of drug-likeness (QED) is 0.767. The summed E-state index contributed by atoms with van der Waals surface area (Å²) >= 11 is 0. The predicted molar refractivity (Wildman–Crippen MR) is 96.3 cm³/mol. The Bertz CT molecular complexity index is 735. The molecule has 7 heteroatoms. The third-order valence-electron chi connectivity index (χ3n) is 5.34. The number of hydrogen-bond donors (Lipinski definition) is 3. The van der Waals surface area contributed by atoms with Crippen molar-refractivity contribution in [3.8, 4) is 0 Å². The fourth-order valence-corrected chi connectivity index (χ4v) is 3.55. The lowest BCUT2D eigenvalue weighted by Crippen LogP contribution is -2.45. The topological polar surface area (TPSA) is 94.1 Å². The van der Waals surface area contributed by atoms with E-state index in [2.05, 4.69) is 20.5 Å². The minimum absolute atomic E-state index is 0.0571. The Labute approximate surface area is 152 Å². The lowest BCUT2D eigenvalue weighted by molar-refractivity contribution is 0.0635. The zero-order valence-corrected chi connectivity index (χ0v) is 14.8. The molecule has 1 saturated carbocycles. The maximum Gasteiger partial charge on any atom is 0.317 e. The minimum Gasteiger partial charge on any atom is -0.387 e. The van der Waals surface area contributed by atoms with E-state index in [1.54, 1.807) is 6.20 Å². The number of aromatic amines is 1. The Morgan fingerprint density at radius 1 is 1.31 bits per heavy atom. The predicted octanol–water partition coefficient (Wildman–Crippen LogP) is 2.34. The molecule has 7 nitrogen and oxygen atoms in total. The summed E-state index contributed by atoms with van der Waals surface area (Å²) in [7, 11) is 0. The number of hydrogen-bond acceptors (Lipinski definition) is 4. The van der Waals surface area contributed by atoms with Gasteiger partial charge in [0, 0.05) is 25.2 Å². The molecule has 3 heterocycles. The van der Waals surface area contributed by atoms with E-state index in [9.17, 15) is 9.90 Å². The first-order valence-corrected chi connectivity index (χ1v) is 9.36. The first-order valence-electron chi connectivity index (χ1n) is 9.36. The largest absolute Gasteiger partial charge is 0.387 e. The highest BCUT2D eigenvalue weighted by molar-refractivity contribution is 5.74. The molecule has 2 fully saturated rings. The maximum absolute atomic E-state index is 12.4. The zero-order valence-electron chi connectivity index (χ0n) is 14.8. The van der Waals surface area contributed by atoms with Crippen LogP contribution in [0.2, 0.25) is 0 Å². The third kappa shape index (κ3) is 3.88. The second-order valence-corrected chi connectivity index (χ2v) is 7.27. The normalized spacial score (nSPS) is 19.3. The molecular weight excluding hydrogens is 330 g/mol. The first-order chi connectivity index (χ1) is 12.7. The van der Waals surface area contributed by atoms with Crippen LogP contribution in [0.1, 0.15) is 54.8 Å². The number of nitrogens with zero attached hydrogens (tertiary/aromatic N) is 3. The van der Waals surface area contributed by atoms with Gasteiger partial charge in [0.05, 0.1) is 29.7 Å². The van der Waals surface area contributed by atoms with Crippen molar-refractivity contribution in [3.05, 3.63) is 47.5 Å². The molecule has 0 unspecified atom stereocenters. The van der Waals surface area contributed by atoms with E-state index >= 15 is 0 Å². The summed E-state index contributed by atoms with van der Waals surface area (Å²) in [6.07, 6.45) is 5.13. The highest BCUT2D eigenvalue weighted by Crippen LogP contribution is 2.39. The monoisotopic (exact) mass is 355 g/mol. The van der Waals surface area contributed by atoms with E-state index < -0.39 is 6.10 Å². The number of aromatic nitrogens is 3. The molecule has 1 aliphatic carbocycles. The molecular formula is C19H25N5O2. The van der Waals surface area contributed by atoms with E-state index in [4.69, 9.17) is 0 Å². The summed E-state index contributed by atoms with van der Waals surface area (Å²) in [5.74, 6) is 0.753. The summed E-state index contributed by atoms with van der Waals surface area (Å²) in [5, 5.41) is 20.7. The standard InChI is InChI=1S/C19H25N5O2/c25-18(16-3-1-2-8-20-16)14-6-9-24(10-7-14)19(26)21-12-15-11-17(23-22-15)13-4-5-13/h1-3,8,11,13-14,18,25H,4-7,9-10,12H2,(H,21,26)(H,22,23)/t18-/m0/s1. The van der Waals surface area contributed by atoms with Gasteiger partial charge in [0.2, 0.25) is 0 Å². The van der Waals surface area contributed by atoms with E-state index in [0.717, 1.165) is 24.2 Å². The second kappa shape index (κ2) is 7.45. The van der Waals surface area contributed by atoms with Crippen molar-refractivity contribution >= 4 is 6.03 Å². The maximum atomic E-state index is 12.4. The van der Waals surface area contributed by atoms with Crippen LogP contribution in [0, 0.1) is 5.92 Å². The Morgan fingerprint density at radius 2 is 2.12 bits per heavy atom. The number of urea groups is 1. The fourth-order valence-electron chi connectivity index (χ4n) is 3.55. The Kier molecular flexibility index (Phi) is 4.88. The molecule has 1 aliphatic heterocycles. The number of aliphatic hydroxyl groups is 1. The molecule has 0 spiro atoms. The highest BCUT2D eigenvalue weighted by Gasteiger charge is 2.29. The molecule has 2 amide bonds. The number of amides is 2. The number of rotatable bonds is 5. The number of aliphatic hydroxyl groups excluding tert-OH is 1. The van der Waals surface area contributed by atoms with E-state index in [-0.39, 0.29) is 11.9 Å². The van der Waals surface area contributed by atoms with Crippen molar-refractivity contribution < 1.29 is 9.90 Å². The number of nitrogens with one attached hydrogen (secondary N) is 2. The fraction of sp³-hybridized carbons (Fsp3) is 0.526. The Hall–Kier alpha value is -2.41. The van der Waals surface area contributed by atoms with Crippen LogP contribution in [0.5, 0.6) is 0 Å². The van der Waals surface area contributed by atoms with E-state index in [0.29, 0.717) is 31.2 Å². The van der Waals surface area contributed by atoms with E-state index in [1.807, 2.05) is 29.2 Å². The van der Waals surface area contributed by atoms with Crippen LogP contribution in [0.25, 0.3) is 0 Å². The summed E-state index contributed by atoms with van der Waals surface area (Å²) in [6.45, 7) is 1.77. The van der Waals surface area contributed by atoms with Crippen LogP contribution < -0.4 is 5.32 Å². The van der Waals surface area contributed by atoms with Gasteiger partial charge >= 0.3 is 6.03 Å². The van der Waals surface area contributed by atoms with Crippen LogP contribution in [-0.2, 0) is 6.54 Å². The summed E-state index contributed by atoms with van der Waals surface area (Å²) in [4.78, 5) is 18.4. The number of carbonyl (C=O) groups is 1. The van der Waals surface area contributed by atoms with Gasteiger partial charge < -0.3 is 15.3 Å². The van der Waals surface area contributed by atoms with Gasteiger partial charge in [-0.05, 0) is 49.8 Å². The summed E-state index contributed by atoms with van der Waals surface area (Å²) in [5.41, 5.74) is 2.76. The highest BCUT2D eigenvalue weighted by atomic mass is 16.3. The molecule has 2 aliphatic rings. The molecule has 0 radical (unpaired) electrons. The lowest BCUT2D eigenvalue weighted by Gasteiger charge is -2.34. The number of H-pyrrole nitrogens is 1. The first kappa shape index (κ1) is 17.0. The average Bonchev–Trinajstić information content (AvgIpc) is 3.44. The molecule has 3 N–H and O–H groups in total. The van der Waals surface area contributed by atoms with Crippen molar-refractivity contribution in [2.45, 2.75) is 44.2 Å². The number of likely N-dealkylation sites (tertiary alicyclic amines) is 1. The van der Waals surface area contributed by atoms with Gasteiger partial charge in [-0.25, -0.2) is 4.79 Å². The van der Waals surface area contributed by atoms with Gasteiger partial charge in [-0.15, -0.1) is 0 Å². The molecule has 2 aromatic rings. The van der Waals surface area contributed by atoms with Crippen LogP contribution in [0.15, 0.2) is 30.5 Å². The summed E-state index contributed by atoms with van der Waals surface area (Å²) in [6, 6.07) is 7.57. The van der Waals surface area contributed by atoms with Crippen molar-refractivity contribution in [2.75, 3.05) is 13.1 Å². The molecule has 1 saturated heterocycles. The van der Waals surface area contributed by atoms with Crippen LogP contribution >= 0.6 is 0 Å². The van der Waals surface area contributed by atoms with Crippen molar-refractivity contribution in [3.63, 3.8) is 0 Å². The molecule has 26 heavy (non-hydrogen) atoms. The van der Waals surface area contributed by atoms with Crippen LogP contribution in [0.3, 0.4) is 0 Å². The second-order valence-electron chi connectivity index (χ2n) is 7.27. The van der Waals surface area contributed by atoms with Gasteiger partial charge in [0.25, 0.3) is 0 Å². The number of piperidine rings is 1. The zero-order chi connectivity index (χ0) is 17.9. The third-order valence-corrected chi connectivity index (χ3v) is 5.34. The number of carbonyl (C=O) groups excluding carboxylic acids is 1. The Balaban J connectivity index is 1.24. The smallest absolute Gasteiger partial charge is 0.317 e. The van der Waals surface area contributed by atoms with Crippen molar-refractivity contribution in [1.82, 2.24) is 25.4 Å². The van der Waals surface area contributed by atoms with Gasteiger partial charge in [-0.1, -0.05) is 6.07 Å². The van der Waals surface area contributed by atoms with Gasteiger partial charge in [-0.3, -0.25) is 10.1 Å². The van der Waals surface area contributed by atoms with Crippen molar-refractivity contribution in [1.29, 1.82) is 0 Å². The van der Waals surface area contributed by atoms with Gasteiger partial charge in [-0.2, -0.15) is 5.10 Å². The van der Waals surface area contributed by atoms with Crippen LogP contribution in [-0.4, -0.2) is 44.3 Å². The lowest BCUT2D eigenvalue weighted by atomic mass is 9.89. The molecule has 4 rings (SSSR count). The molecule has 2 aromatic heterocycles. The minimum atomic E-state index is -0.563. The number of pyridine rings is 1. The SMILES string of the molecule is O=C(NCc1cc(C2CC2)n[nH]1)N1CCC([C@H](O)c2ccccn2)CC1.